The lowest BCUT2D eigenvalue weighted by Gasteiger charge is -2.34. The Morgan fingerprint density at radius 1 is 1.39 bits per heavy atom. The van der Waals surface area contributed by atoms with Crippen LogP contribution >= 0.6 is 11.6 Å². The maximum absolute atomic E-state index is 14.0. The Morgan fingerprint density at radius 3 is 2.78 bits per heavy atom. The molecule has 0 bridgehead atoms. The van der Waals surface area contributed by atoms with Crippen LogP contribution in [0.1, 0.15) is 44.2 Å². The molecule has 0 aromatic heterocycles. The molecule has 1 saturated carbocycles. The molecule has 0 amide bonds. The van der Waals surface area contributed by atoms with Gasteiger partial charge < -0.3 is 5.32 Å². The number of hydrogen-bond donors (Lipinski definition) is 1. The Bertz CT molecular complexity index is 387. The van der Waals surface area contributed by atoms with Crippen molar-refractivity contribution in [2.45, 2.75) is 38.6 Å². The van der Waals surface area contributed by atoms with Crippen molar-refractivity contribution in [3.05, 3.63) is 34.6 Å². The molecule has 0 heterocycles. The molecule has 1 fully saturated rings. The molecule has 1 nitrogen and oxygen atoms in total. The summed E-state index contributed by atoms with van der Waals surface area (Å²) in [5.74, 6) is 1.01. The first kappa shape index (κ1) is 13.8. The fourth-order valence-corrected chi connectivity index (χ4v) is 3.49. The van der Waals surface area contributed by atoms with Gasteiger partial charge in [0.05, 0.1) is 0 Å². The molecule has 100 valence electrons. The molecule has 1 aromatic rings. The fraction of sp³-hybridized carbons (Fsp3) is 0.600. The number of hydrogen-bond acceptors (Lipinski definition) is 1. The summed E-state index contributed by atoms with van der Waals surface area (Å²) in [6, 6.07) is 4.97. The molecule has 0 aliphatic heterocycles. The van der Waals surface area contributed by atoms with E-state index >= 15 is 0 Å². The SMILES string of the molecule is CNC(c1c(F)cccc1Cl)C1CCCC(C)C1. The summed E-state index contributed by atoms with van der Waals surface area (Å²) < 4.78 is 14.0. The second-order valence-electron chi connectivity index (χ2n) is 5.43. The first-order valence-corrected chi connectivity index (χ1v) is 7.12. The molecule has 1 aliphatic rings. The van der Waals surface area contributed by atoms with Crippen LogP contribution in [0.25, 0.3) is 0 Å². The summed E-state index contributed by atoms with van der Waals surface area (Å²) in [5.41, 5.74) is 0.640. The first-order valence-electron chi connectivity index (χ1n) is 6.74. The lowest BCUT2D eigenvalue weighted by Crippen LogP contribution is -2.30. The monoisotopic (exact) mass is 269 g/mol. The van der Waals surface area contributed by atoms with Crippen molar-refractivity contribution >= 4 is 11.6 Å². The van der Waals surface area contributed by atoms with Gasteiger partial charge in [0.1, 0.15) is 5.82 Å². The molecule has 0 saturated heterocycles. The zero-order chi connectivity index (χ0) is 13.1. The van der Waals surface area contributed by atoms with Crippen LogP contribution in [0.3, 0.4) is 0 Å². The van der Waals surface area contributed by atoms with Crippen LogP contribution in [-0.2, 0) is 0 Å². The predicted molar refractivity (Wildman–Crippen MR) is 74.3 cm³/mol. The molecule has 3 atom stereocenters. The van der Waals surface area contributed by atoms with Crippen molar-refractivity contribution in [2.24, 2.45) is 11.8 Å². The van der Waals surface area contributed by atoms with Crippen molar-refractivity contribution in [3.63, 3.8) is 0 Å². The highest BCUT2D eigenvalue weighted by atomic mass is 35.5. The normalized spacial score (nSPS) is 26.0. The number of rotatable bonds is 3. The first-order chi connectivity index (χ1) is 8.63. The summed E-state index contributed by atoms with van der Waals surface area (Å²) in [6.07, 6.45) is 4.82. The molecule has 1 aliphatic carbocycles. The topological polar surface area (TPSA) is 12.0 Å². The molecule has 18 heavy (non-hydrogen) atoms. The summed E-state index contributed by atoms with van der Waals surface area (Å²) in [7, 11) is 1.90. The predicted octanol–water partition coefficient (Wildman–Crippen LogP) is 4.57. The molecule has 0 spiro atoms. The zero-order valence-corrected chi connectivity index (χ0v) is 11.8. The molecular weight excluding hydrogens is 249 g/mol. The highest BCUT2D eigenvalue weighted by Crippen LogP contribution is 2.39. The number of nitrogens with one attached hydrogen (secondary N) is 1. The van der Waals surface area contributed by atoms with Gasteiger partial charge in [-0.25, -0.2) is 4.39 Å². The van der Waals surface area contributed by atoms with E-state index in [1.54, 1.807) is 12.1 Å². The Balaban J connectivity index is 2.27. The molecule has 1 aromatic carbocycles. The van der Waals surface area contributed by atoms with Crippen molar-refractivity contribution in [1.29, 1.82) is 0 Å². The zero-order valence-electron chi connectivity index (χ0n) is 11.0. The van der Waals surface area contributed by atoms with Crippen LogP contribution in [0, 0.1) is 17.7 Å². The largest absolute Gasteiger partial charge is 0.313 e. The van der Waals surface area contributed by atoms with Crippen LogP contribution < -0.4 is 5.32 Å². The Labute approximate surface area is 114 Å². The van der Waals surface area contributed by atoms with E-state index in [0.717, 1.165) is 18.8 Å². The van der Waals surface area contributed by atoms with Crippen molar-refractivity contribution in [1.82, 2.24) is 5.32 Å². The van der Waals surface area contributed by atoms with Gasteiger partial charge in [-0.15, -0.1) is 0 Å². The van der Waals surface area contributed by atoms with Crippen LogP contribution in [0.15, 0.2) is 18.2 Å². The smallest absolute Gasteiger partial charge is 0.129 e. The average molecular weight is 270 g/mol. The lowest BCUT2D eigenvalue weighted by atomic mass is 9.76. The van der Waals surface area contributed by atoms with Crippen LogP contribution in [0.5, 0.6) is 0 Å². The van der Waals surface area contributed by atoms with E-state index < -0.39 is 0 Å². The lowest BCUT2D eigenvalue weighted by molar-refractivity contribution is 0.227. The molecule has 3 heteroatoms. The summed E-state index contributed by atoms with van der Waals surface area (Å²) in [5, 5.41) is 3.80. The van der Waals surface area contributed by atoms with Crippen molar-refractivity contribution in [3.8, 4) is 0 Å². The van der Waals surface area contributed by atoms with E-state index in [-0.39, 0.29) is 11.9 Å². The van der Waals surface area contributed by atoms with Gasteiger partial charge in [0.2, 0.25) is 0 Å². The molecule has 2 rings (SSSR count). The number of benzene rings is 1. The highest BCUT2D eigenvalue weighted by Gasteiger charge is 2.29. The van der Waals surface area contributed by atoms with E-state index in [4.69, 9.17) is 11.6 Å². The Kier molecular flexibility index (Phi) is 4.63. The minimum Gasteiger partial charge on any atom is -0.313 e. The van der Waals surface area contributed by atoms with E-state index in [1.807, 2.05) is 7.05 Å². The third-order valence-corrected chi connectivity index (χ3v) is 4.40. The van der Waals surface area contributed by atoms with Gasteiger partial charge in [-0.2, -0.15) is 0 Å². The van der Waals surface area contributed by atoms with Crippen LogP contribution in [-0.4, -0.2) is 7.05 Å². The molecule has 0 radical (unpaired) electrons. The molecular formula is C15H21ClFN. The van der Waals surface area contributed by atoms with E-state index in [0.29, 0.717) is 16.5 Å². The van der Waals surface area contributed by atoms with Gasteiger partial charge in [-0.1, -0.05) is 37.4 Å². The summed E-state index contributed by atoms with van der Waals surface area (Å²) in [6.45, 7) is 2.28. The van der Waals surface area contributed by atoms with Crippen LogP contribution in [0.2, 0.25) is 5.02 Å². The van der Waals surface area contributed by atoms with Crippen molar-refractivity contribution in [2.75, 3.05) is 7.05 Å². The standard InChI is InChI=1S/C15H21ClFN/c1-10-5-3-6-11(9-10)15(18-2)14-12(16)7-4-8-13(14)17/h4,7-8,10-11,15,18H,3,5-6,9H2,1-2H3. The quantitative estimate of drug-likeness (QED) is 0.848. The van der Waals surface area contributed by atoms with E-state index in [2.05, 4.69) is 12.2 Å². The summed E-state index contributed by atoms with van der Waals surface area (Å²) >= 11 is 6.18. The van der Waals surface area contributed by atoms with E-state index in [9.17, 15) is 4.39 Å². The maximum atomic E-state index is 14.0. The van der Waals surface area contributed by atoms with Gasteiger partial charge in [0.15, 0.2) is 0 Å². The highest BCUT2D eigenvalue weighted by molar-refractivity contribution is 6.31. The third kappa shape index (κ3) is 2.86. The molecule has 3 unspecified atom stereocenters. The van der Waals surface area contributed by atoms with Gasteiger partial charge in [-0.05, 0) is 43.9 Å². The summed E-state index contributed by atoms with van der Waals surface area (Å²) in [4.78, 5) is 0. The van der Waals surface area contributed by atoms with Gasteiger partial charge in [0, 0.05) is 16.6 Å². The fourth-order valence-electron chi connectivity index (χ4n) is 3.21. The number of halogens is 2. The third-order valence-electron chi connectivity index (χ3n) is 4.07. The van der Waals surface area contributed by atoms with Gasteiger partial charge in [0.25, 0.3) is 0 Å². The minimum atomic E-state index is -0.194. The van der Waals surface area contributed by atoms with Crippen molar-refractivity contribution < 1.29 is 4.39 Å². The second kappa shape index (κ2) is 6.03. The van der Waals surface area contributed by atoms with E-state index in [1.165, 1.54) is 18.9 Å². The van der Waals surface area contributed by atoms with Crippen LogP contribution in [0.4, 0.5) is 4.39 Å². The maximum Gasteiger partial charge on any atom is 0.129 e. The van der Waals surface area contributed by atoms with Gasteiger partial charge >= 0.3 is 0 Å². The Hall–Kier alpha value is -0.600. The average Bonchev–Trinajstić information content (AvgIpc) is 2.34. The Morgan fingerprint density at radius 2 is 2.17 bits per heavy atom. The second-order valence-corrected chi connectivity index (χ2v) is 5.84. The van der Waals surface area contributed by atoms with Gasteiger partial charge in [-0.3, -0.25) is 0 Å². The minimum absolute atomic E-state index is 0.0291. The molecule has 1 N–H and O–H groups in total.